The monoisotopic (exact) mass is 333 g/mol. The average Bonchev–Trinajstić information content (AvgIpc) is 2.83. The van der Waals surface area contributed by atoms with Crippen LogP contribution in [-0.4, -0.2) is 66.6 Å². The molecule has 2 bridgehead atoms. The van der Waals surface area contributed by atoms with Crippen molar-refractivity contribution in [2.24, 2.45) is 5.92 Å². The number of carbonyl (C=O) groups is 1. The highest BCUT2D eigenvalue weighted by atomic mass is 16.5. The van der Waals surface area contributed by atoms with E-state index in [1.807, 2.05) is 24.8 Å². The SMILES string of the molecule is COCCN1C[C@H]2CC[C@@H]1CN(C(=O)c1c(C)cc(C)[nH]c1=O)C2. The molecule has 1 aromatic rings. The van der Waals surface area contributed by atoms with Gasteiger partial charge in [0.25, 0.3) is 11.5 Å². The van der Waals surface area contributed by atoms with Gasteiger partial charge < -0.3 is 14.6 Å². The van der Waals surface area contributed by atoms with Crippen molar-refractivity contribution >= 4 is 5.91 Å². The third-order valence-electron chi connectivity index (χ3n) is 5.28. The third kappa shape index (κ3) is 3.39. The normalized spacial score (nSPS) is 24.2. The van der Waals surface area contributed by atoms with Crippen molar-refractivity contribution in [3.05, 3.63) is 33.2 Å². The lowest BCUT2D eigenvalue weighted by molar-refractivity contribution is 0.0715. The first-order valence-electron chi connectivity index (χ1n) is 8.72. The standard InChI is InChI=1S/C18H27N3O3/c1-12-8-13(2)19-17(22)16(12)18(23)21-10-14-4-5-15(11-21)20(9-14)6-7-24-3/h8,14-15H,4-7,9-11H2,1-3H3,(H,19,22)/t14-,15-/m1/s1. The first kappa shape index (κ1) is 17.2. The number of nitrogens with one attached hydrogen (secondary N) is 1. The van der Waals surface area contributed by atoms with E-state index in [-0.39, 0.29) is 11.5 Å². The van der Waals surface area contributed by atoms with Crippen LogP contribution in [0.5, 0.6) is 0 Å². The van der Waals surface area contributed by atoms with E-state index in [4.69, 9.17) is 4.74 Å². The molecule has 1 aromatic heterocycles. The van der Waals surface area contributed by atoms with Gasteiger partial charge in [-0.3, -0.25) is 14.5 Å². The van der Waals surface area contributed by atoms with Crippen LogP contribution in [-0.2, 0) is 4.74 Å². The van der Waals surface area contributed by atoms with Gasteiger partial charge in [-0.1, -0.05) is 0 Å². The smallest absolute Gasteiger partial charge is 0.261 e. The summed E-state index contributed by atoms with van der Waals surface area (Å²) in [6, 6.07) is 2.24. The van der Waals surface area contributed by atoms with Gasteiger partial charge in [-0.05, 0) is 44.2 Å². The summed E-state index contributed by atoms with van der Waals surface area (Å²) < 4.78 is 5.21. The lowest BCUT2D eigenvalue weighted by Crippen LogP contribution is -2.46. The van der Waals surface area contributed by atoms with Gasteiger partial charge in [-0.15, -0.1) is 0 Å². The van der Waals surface area contributed by atoms with Crippen LogP contribution in [0.1, 0.15) is 34.5 Å². The Morgan fingerprint density at radius 3 is 2.79 bits per heavy atom. The van der Waals surface area contributed by atoms with Gasteiger partial charge in [0.15, 0.2) is 0 Å². The molecule has 6 heteroatoms. The summed E-state index contributed by atoms with van der Waals surface area (Å²) >= 11 is 0. The van der Waals surface area contributed by atoms with Crippen molar-refractivity contribution in [3.8, 4) is 0 Å². The summed E-state index contributed by atoms with van der Waals surface area (Å²) in [5.41, 5.74) is 1.57. The second kappa shape index (κ2) is 7.07. The van der Waals surface area contributed by atoms with Crippen LogP contribution in [0, 0.1) is 19.8 Å². The molecular formula is C18H27N3O3. The number of nitrogens with zero attached hydrogens (tertiary/aromatic N) is 2. The van der Waals surface area contributed by atoms with E-state index in [1.54, 1.807) is 7.11 Å². The minimum absolute atomic E-state index is 0.126. The van der Waals surface area contributed by atoms with Crippen LogP contribution >= 0.6 is 0 Å². The summed E-state index contributed by atoms with van der Waals surface area (Å²) in [4.78, 5) is 32.4. The molecule has 132 valence electrons. The molecule has 0 saturated carbocycles. The highest BCUT2D eigenvalue weighted by molar-refractivity contribution is 5.95. The molecule has 4 heterocycles. The fourth-order valence-electron chi connectivity index (χ4n) is 4.10. The largest absolute Gasteiger partial charge is 0.383 e. The Bertz CT molecular complexity index is 670. The number of piperidine rings is 1. The van der Waals surface area contributed by atoms with Gasteiger partial charge in [0.05, 0.1) is 6.61 Å². The van der Waals surface area contributed by atoms with E-state index in [2.05, 4.69) is 9.88 Å². The molecule has 0 radical (unpaired) electrons. The van der Waals surface area contributed by atoms with Crippen molar-refractivity contribution < 1.29 is 9.53 Å². The Morgan fingerprint density at radius 2 is 2.08 bits per heavy atom. The van der Waals surface area contributed by atoms with E-state index in [0.717, 1.165) is 43.7 Å². The van der Waals surface area contributed by atoms with Crippen molar-refractivity contribution in [1.29, 1.82) is 0 Å². The Morgan fingerprint density at radius 1 is 1.29 bits per heavy atom. The number of carbonyl (C=O) groups excluding carboxylic acids is 1. The zero-order valence-electron chi connectivity index (χ0n) is 14.8. The molecule has 1 amide bonds. The summed E-state index contributed by atoms with van der Waals surface area (Å²) in [7, 11) is 1.72. The summed E-state index contributed by atoms with van der Waals surface area (Å²) in [5.74, 6) is 0.355. The number of pyridine rings is 1. The predicted octanol–water partition coefficient (Wildman–Crippen LogP) is 1.17. The zero-order valence-corrected chi connectivity index (χ0v) is 14.8. The second-order valence-electron chi connectivity index (χ2n) is 7.13. The van der Waals surface area contributed by atoms with Gasteiger partial charge in [0, 0.05) is 45.0 Å². The summed E-state index contributed by atoms with van der Waals surface area (Å²) in [5, 5.41) is 0. The molecule has 3 fully saturated rings. The van der Waals surface area contributed by atoms with Crippen LogP contribution in [0.2, 0.25) is 0 Å². The highest BCUT2D eigenvalue weighted by Crippen LogP contribution is 2.28. The van der Waals surface area contributed by atoms with Crippen LogP contribution in [0.15, 0.2) is 10.9 Å². The molecule has 4 rings (SSSR count). The third-order valence-corrected chi connectivity index (χ3v) is 5.28. The quantitative estimate of drug-likeness (QED) is 0.898. The molecule has 3 aliphatic heterocycles. The number of methoxy groups -OCH3 is 1. The average molecular weight is 333 g/mol. The molecule has 0 spiro atoms. The molecule has 0 unspecified atom stereocenters. The molecule has 3 aliphatic rings. The number of aromatic amines is 1. The number of ether oxygens (including phenoxy) is 1. The van der Waals surface area contributed by atoms with Crippen LogP contribution in [0.25, 0.3) is 0 Å². The van der Waals surface area contributed by atoms with Gasteiger partial charge in [0.1, 0.15) is 5.56 Å². The minimum atomic E-state index is -0.273. The Balaban J connectivity index is 1.81. The fourth-order valence-corrected chi connectivity index (χ4v) is 4.10. The van der Waals surface area contributed by atoms with E-state index < -0.39 is 0 Å². The summed E-state index contributed by atoms with van der Waals surface area (Å²) in [6.07, 6.45) is 2.27. The van der Waals surface area contributed by atoms with E-state index in [9.17, 15) is 9.59 Å². The molecule has 0 aromatic carbocycles. The van der Waals surface area contributed by atoms with Crippen molar-refractivity contribution in [2.75, 3.05) is 39.9 Å². The maximum Gasteiger partial charge on any atom is 0.261 e. The van der Waals surface area contributed by atoms with E-state index in [0.29, 0.717) is 30.7 Å². The van der Waals surface area contributed by atoms with Crippen molar-refractivity contribution in [1.82, 2.24) is 14.8 Å². The maximum absolute atomic E-state index is 13.0. The first-order valence-corrected chi connectivity index (χ1v) is 8.72. The number of aryl methyl sites for hydroxylation is 2. The molecule has 1 N–H and O–H groups in total. The molecule has 6 nitrogen and oxygen atoms in total. The Labute approximate surface area is 142 Å². The number of rotatable bonds is 4. The minimum Gasteiger partial charge on any atom is -0.383 e. The van der Waals surface area contributed by atoms with Crippen LogP contribution < -0.4 is 5.56 Å². The van der Waals surface area contributed by atoms with Gasteiger partial charge in [0.2, 0.25) is 0 Å². The topological polar surface area (TPSA) is 65.6 Å². The van der Waals surface area contributed by atoms with Gasteiger partial charge >= 0.3 is 0 Å². The number of hydrogen-bond acceptors (Lipinski definition) is 4. The van der Waals surface area contributed by atoms with Crippen LogP contribution in [0.4, 0.5) is 0 Å². The molecule has 0 aliphatic carbocycles. The number of aromatic nitrogens is 1. The Kier molecular flexibility index (Phi) is 5.06. The second-order valence-corrected chi connectivity index (χ2v) is 7.13. The van der Waals surface area contributed by atoms with E-state index >= 15 is 0 Å². The zero-order chi connectivity index (χ0) is 17.3. The number of amides is 1. The van der Waals surface area contributed by atoms with Crippen LogP contribution in [0.3, 0.4) is 0 Å². The molecule has 2 atom stereocenters. The number of hydrogen-bond donors (Lipinski definition) is 1. The van der Waals surface area contributed by atoms with Gasteiger partial charge in [-0.2, -0.15) is 0 Å². The molecule has 3 saturated heterocycles. The first-order chi connectivity index (χ1) is 11.5. The van der Waals surface area contributed by atoms with Gasteiger partial charge in [-0.25, -0.2) is 0 Å². The number of H-pyrrole nitrogens is 1. The fraction of sp³-hybridized carbons (Fsp3) is 0.667. The number of fused-ring (bicyclic) bond motifs is 4. The highest BCUT2D eigenvalue weighted by Gasteiger charge is 2.37. The van der Waals surface area contributed by atoms with Crippen molar-refractivity contribution in [3.63, 3.8) is 0 Å². The summed E-state index contributed by atoms with van der Waals surface area (Å²) in [6.45, 7) is 7.76. The Hall–Kier alpha value is -1.66. The lowest BCUT2D eigenvalue weighted by atomic mass is 9.95. The van der Waals surface area contributed by atoms with Crippen molar-refractivity contribution in [2.45, 2.75) is 32.7 Å². The lowest BCUT2D eigenvalue weighted by Gasteiger charge is -2.35. The predicted molar refractivity (Wildman–Crippen MR) is 92.4 cm³/mol. The van der Waals surface area contributed by atoms with E-state index in [1.165, 1.54) is 0 Å². The maximum atomic E-state index is 13.0. The molecule has 24 heavy (non-hydrogen) atoms. The molecular weight excluding hydrogens is 306 g/mol.